The van der Waals surface area contributed by atoms with E-state index in [1.165, 1.54) is 0 Å². The molecule has 1 aliphatic carbocycles. The topological polar surface area (TPSA) is 20.3 Å². The molecule has 0 bridgehead atoms. The molecule has 1 aliphatic rings. The maximum absolute atomic E-state index is 12.6. The number of carbonyl (C=O) groups excluding carboxylic acids is 1. The van der Waals surface area contributed by atoms with Crippen LogP contribution in [0.4, 0.5) is 0 Å². The molecule has 0 N–H and O–H groups in total. The molecule has 0 radical (unpaired) electrons. The molecule has 0 aliphatic heterocycles. The zero-order valence-electron chi connectivity index (χ0n) is 11.1. The molecule has 0 saturated heterocycles. The summed E-state index contributed by atoms with van der Waals surface area (Å²) < 4.78 is 0. The first-order chi connectivity index (χ1) is 8.62. The van der Waals surface area contributed by atoms with E-state index in [1.54, 1.807) is 0 Å². The van der Waals surface area contributed by atoms with Crippen molar-refractivity contribution in [2.24, 2.45) is 0 Å². The summed E-state index contributed by atoms with van der Waals surface area (Å²) in [6, 6.07) is 7.73. The molecule has 0 unspecified atom stereocenters. The van der Waals surface area contributed by atoms with E-state index in [4.69, 9.17) is 11.6 Å². The first kappa shape index (κ1) is 13.4. The Labute approximate surface area is 114 Å². The Balaban J connectivity index is 2.17. The molecule has 1 aromatic rings. The third-order valence-corrected chi connectivity index (χ3v) is 4.07. The minimum absolute atomic E-state index is 0.226. The van der Waals surface area contributed by atoms with Gasteiger partial charge in [-0.15, -0.1) is 0 Å². The van der Waals surface area contributed by atoms with Gasteiger partial charge in [0.25, 0.3) is 0 Å². The summed E-state index contributed by atoms with van der Waals surface area (Å²) in [6.45, 7) is 2.97. The van der Waals surface area contributed by atoms with Gasteiger partial charge < -0.3 is 4.90 Å². The summed E-state index contributed by atoms with van der Waals surface area (Å²) in [6.07, 6.45) is 4.01. The van der Waals surface area contributed by atoms with E-state index in [9.17, 15) is 4.79 Å². The van der Waals surface area contributed by atoms with Crippen LogP contribution in [0.5, 0.6) is 0 Å². The van der Waals surface area contributed by atoms with Gasteiger partial charge in [-0.3, -0.25) is 4.79 Å². The Morgan fingerprint density at radius 3 is 2.61 bits per heavy atom. The summed E-state index contributed by atoms with van der Waals surface area (Å²) in [5.74, 6) is 0.226. The number of amides is 1. The van der Waals surface area contributed by atoms with Crippen molar-refractivity contribution >= 4 is 17.5 Å². The maximum Gasteiger partial charge on any atom is 0.233 e. The van der Waals surface area contributed by atoms with Crippen LogP contribution < -0.4 is 0 Å². The molecule has 0 heterocycles. The predicted molar refractivity (Wildman–Crippen MR) is 74.9 cm³/mol. The van der Waals surface area contributed by atoms with Crippen LogP contribution in [-0.2, 0) is 10.2 Å². The highest BCUT2D eigenvalue weighted by atomic mass is 35.5. The Morgan fingerprint density at radius 2 is 2.06 bits per heavy atom. The third kappa shape index (κ3) is 2.39. The van der Waals surface area contributed by atoms with Gasteiger partial charge >= 0.3 is 0 Å². The lowest BCUT2D eigenvalue weighted by Crippen LogP contribution is -2.37. The smallest absolute Gasteiger partial charge is 0.233 e. The number of benzene rings is 1. The van der Waals surface area contributed by atoms with Crippen LogP contribution in [0.1, 0.15) is 38.2 Å². The van der Waals surface area contributed by atoms with Crippen molar-refractivity contribution in [1.29, 1.82) is 0 Å². The SMILES string of the molecule is CCCCN(C)C(=O)C1(c2ccccc2Cl)CC1. The lowest BCUT2D eigenvalue weighted by molar-refractivity contribution is -0.132. The quantitative estimate of drug-likeness (QED) is 0.796. The molecular formula is C15H20ClNO. The molecule has 2 nitrogen and oxygen atoms in total. The fourth-order valence-corrected chi connectivity index (χ4v) is 2.75. The molecular weight excluding hydrogens is 246 g/mol. The van der Waals surface area contributed by atoms with Crippen molar-refractivity contribution in [1.82, 2.24) is 4.90 Å². The van der Waals surface area contributed by atoms with Gasteiger partial charge in [0.2, 0.25) is 5.91 Å². The molecule has 1 amide bonds. The van der Waals surface area contributed by atoms with E-state index >= 15 is 0 Å². The molecule has 1 saturated carbocycles. The van der Waals surface area contributed by atoms with Crippen LogP contribution in [0.3, 0.4) is 0 Å². The highest BCUT2D eigenvalue weighted by Crippen LogP contribution is 2.51. The molecule has 18 heavy (non-hydrogen) atoms. The van der Waals surface area contributed by atoms with Crippen molar-refractivity contribution in [3.05, 3.63) is 34.9 Å². The number of hydrogen-bond donors (Lipinski definition) is 0. The van der Waals surface area contributed by atoms with Crippen molar-refractivity contribution in [3.8, 4) is 0 Å². The summed E-state index contributed by atoms with van der Waals surface area (Å²) in [7, 11) is 1.90. The fraction of sp³-hybridized carbons (Fsp3) is 0.533. The van der Waals surface area contributed by atoms with E-state index < -0.39 is 0 Å². The van der Waals surface area contributed by atoms with Gasteiger partial charge in [-0.1, -0.05) is 43.1 Å². The Morgan fingerprint density at radius 1 is 1.39 bits per heavy atom. The van der Waals surface area contributed by atoms with Gasteiger partial charge in [-0.05, 0) is 30.9 Å². The van der Waals surface area contributed by atoms with Crippen molar-refractivity contribution in [2.75, 3.05) is 13.6 Å². The molecule has 0 aromatic heterocycles. The van der Waals surface area contributed by atoms with Crippen molar-refractivity contribution in [3.63, 3.8) is 0 Å². The molecule has 3 heteroatoms. The number of likely N-dealkylation sites (N-methyl/N-ethyl adjacent to an activating group) is 1. The zero-order chi connectivity index (χ0) is 13.2. The van der Waals surface area contributed by atoms with Crippen LogP contribution in [0.15, 0.2) is 24.3 Å². The third-order valence-electron chi connectivity index (χ3n) is 3.74. The number of nitrogens with zero attached hydrogens (tertiary/aromatic N) is 1. The lowest BCUT2D eigenvalue weighted by atomic mass is 9.94. The number of hydrogen-bond acceptors (Lipinski definition) is 1. The molecule has 0 spiro atoms. The van der Waals surface area contributed by atoms with Gasteiger partial charge in [-0.25, -0.2) is 0 Å². The minimum Gasteiger partial charge on any atom is -0.345 e. The molecule has 1 fully saturated rings. The van der Waals surface area contributed by atoms with Crippen molar-refractivity contribution < 1.29 is 4.79 Å². The van der Waals surface area contributed by atoms with Crippen molar-refractivity contribution in [2.45, 2.75) is 38.0 Å². The minimum atomic E-state index is -0.333. The second-order valence-corrected chi connectivity index (χ2v) is 5.55. The summed E-state index contributed by atoms with van der Waals surface area (Å²) in [5.41, 5.74) is 0.668. The number of rotatable bonds is 5. The van der Waals surface area contributed by atoms with Gasteiger partial charge in [0.05, 0.1) is 5.41 Å². The highest BCUT2D eigenvalue weighted by molar-refractivity contribution is 6.31. The Bertz CT molecular complexity index is 440. The number of carbonyl (C=O) groups is 1. The number of halogens is 1. The standard InChI is InChI=1S/C15H20ClNO/c1-3-4-11-17(2)14(18)15(9-10-15)12-7-5-6-8-13(12)16/h5-8H,3-4,9-11H2,1-2H3. The van der Waals surface area contributed by atoms with Crippen LogP contribution in [0, 0.1) is 0 Å². The van der Waals surface area contributed by atoms with E-state index in [0.717, 1.165) is 37.8 Å². The normalized spacial score (nSPS) is 16.4. The van der Waals surface area contributed by atoms with Gasteiger partial charge in [-0.2, -0.15) is 0 Å². The monoisotopic (exact) mass is 265 g/mol. The van der Waals surface area contributed by atoms with E-state index in [-0.39, 0.29) is 11.3 Å². The molecule has 98 valence electrons. The van der Waals surface area contributed by atoms with Gasteiger partial charge in [0.15, 0.2) is 0 Å². The van der Waals surface area contributed by atoms with E-state index in [0.29, 0.717) is 5.02 Å². The average molecular weight is 266 g/mol. The second-order valence-electron chi connectivity index (χ2n) is 5.14. The summed E-state index contributed by atoms with van der Waals surface area (Å²) >= 11 is 6.23. The molecule has 2 rings (SSSR count). The van der Waals surface area contributed by atoms with Gasteiger partial charge in [0, 0.05) is 18.6 Å². The number of unbranched alkanes of at least 4 members (excludes halogenated alkanes) is 1. The highest BCUT2D eigenvalue weighted by Gasteiger charge is 2.53. The first-order valence-corrected chi connectivity index (χ1v) is 7.00. The largest absolute Gasteiger partial charge is 0.345 e. The fourth-order valence-electron chi connectivity index (χ4n) is 2.43. The average Bonchev–Trinajstić information content (AvgIpc) is 3.17. The van der Waals surface area contributed by atoms with Crippen LogP contribution in [0.2, 0.25) is 5.02 Å². The Kier molecular flexibility index (Phi) is 3.96. The maximum atomic E-state index is 12.6. The lowest BCUT2D eigenvalue weighted by Gasteiger charge is -2.24. The summed E-state index contributed by atoms with van der Waals surface area (Å²) in [4.78, 5) is 14.4. The van der Waals surface area contributed by atoms with Crippen LogP contribution >= 0.6 is 11.6 Å². The van der Waals surface area contributed by atoms with Gasteiger partial charge in [0.1, 0.15) is 0 Å². The molecule has 0 atom stereocenters. The predicted octanol–water partition coefficient (Wildman–Crippen LogP) is 3.63. The van der Waals surface area contributed by atoms with E-state index in [2.05, 4.69) is 6.92 Å². The molecule has 1 aromatic carbocycles. The second kappa shape index (κ2) is 5.31. The van der Waals surface area contributed by atoms with Crippen LogP contribution in [0.25, 0.3) is 0 Å². The summed E-state index contributed by atoms with van der Waals surface area (Å²) in [5, 5.41) is 0.715. The van der Waals surface area contributed by atoms with E-state index in [1.807, 2.05) is 36.2 Å². The zero-order valence-corrected chi connectivity index (χ0v) is 11.8. The first-order valence-electron chi connectivity index (χ1n) is 6.62. The Hall–Kier alpha value is -1.02. The van der Waals surface area contributed by atoms with Crippen LogP contribution in [-0.4, -0.2) is 24.4 Å².